The van der Waals surface area contributed by atoms with Crippen molar-refractivity contribution < 1.29 is 39.1 Å². The Hall–Kier alpha value is -4.07. The van der Waals surface area contributed by atoms with E-state index in [0.29, 0.717) is 15.7 Å². The first-order valence-corrected chi connectivity index (χ1v) is 20.2. The van der Waals surface area contributed by atoms with Crippen LogP contribution in [0.4, 0.5) is 34.3 Å². The van der Waals surface area contributed by atoms with Gasteiger partial charge in [0.25, 0.3) is 10.0 Å². The summed E-state index contributed by atoms with van der Waals surface area (Å²) in [6.45, 7) is -1.80. The lowest BCUT2D eigenvalue weighted by molar-refractivity contribution is -0.0520. The van der Waals surface area contributed by atoms with Crippen LogP contribution in [0.1, 0.15) is 12.8 Å². The van der Waals surface area contributed by atoms with Crippen LogP contribution in [0.15, 0.2) is 53.6 Å². The third-order valence-electron chi connectivity index (χ3n) is 9.82. The lowest BCUT2D eigenvalue weighted by Gasteiger charge is -2.39. The first-order valence-electron chi connectivity index (χ1n) is 16.1. The summed E-state index contributed by atoms with van der Waals surface area (Å²) in [6, 6.07) is 8.51. The number of anilines is 3. The number of sulfone groups is 1. The third kappa shape index (κ3) is 6.37. The highest BCUT2D eigenvalue weighted by atomic mass is 32.2. The molecule has 4 aliphatic rings. The first-order chi connectivity index (χ1) is 24.3. The molecule has 51 heavy (non-hydrogen) atoms. The molecule has 5 heterocycles. The average molecular weight is 766 g/mol. The smallest absolute Gasteiger partial charge is 0.387 e. The van der Waals surface area contributed by atoms with Crippen LogP contribution in [0.2, 0.25) is 0 Å². The minimum atomic E-state index is -4.97. The highest BCUT2D eigenvalue weighted by Gasteiger charge is 2.59. The fourth-order valence-corrected chi connectivity index (χ4v) is 12.3. The number of benzene rings is 2. The normalized spacial score (nSPS) is 25.2. The molecule has 2 aromatic heterocycles. The third-order valence-corrected chi connectivity index (χ3v) is 14.1. The van der Waals surface area contributed by atoms with E-state index in [1.54, 1.807) is 6.07 Å². The molecule has 270 valence electrons. The number of rotatable bonds is 10. The van der Waals surface area contributed by atoms with E-state index in [2.05, 4.69) is 31.9 Å². The van der Waals surface area contributed by atoms with Crippen molar-refractivity contribution in [1.29, 1.82) is 0 Å². The molecule has 1 saturated carbocycles. The number of thiazole rings is 1. The minimum absolute atomic E-state index is 0.0106. The molecular weight excluding hydrogens is 735 g/mol. The molecule has 2 N–H and O–H groups in total. The number of aromatic nitrogens is 3. The van der Waals surface area contributed by atoms with Gasteiger partial charge in [-0.2, -0.15) is 8.78 Å². The van der Waals surface area contributed by atoms with Crippen molar-refractivity contribution in [3.8, 4) is 27.6 Å². The molecule has 3 unspecified atom stereocenters. The molecule has 0 amide bonds. The molecule has 3 aliphatic heterocycles. The molecule has 3 saturated heterocycles. The number of hydrogen-bond donors (Lipinski definition) is 2. The summed E-state index contributed by atoms with van der Waals surface area (Å²) in [6.07, 6.45) is 3.45. The molecule has 5 atom stereocenters. The first kappa shape index (κ1) is 34.0. The Balaban J connectivity index is 1.17. The average Bonchev–Trinajstić information content (AvgIpc) is 3.36. The summed E-state index contributed by atoms with van der Waals surface area (Å²) < 4.78 is 114. The maximum Gasteiger partial charge on any atom is 0.387 e. The van der Waals surface area contributed by atoms with Gasteiger partial charge >= 0.3 is 6.61 Å². The second-order valence-corrected chi connectivity index (χ2v) is 18.0. The Morgan fingerprint density at radius 2 is 1.71 bits per heavy atom. The maximum absolute atomic E-state index is 16.5. The van der Waals surface area contributed by atoms with E-state index in [-0.39, 0.29) is 58.7 Å². The molecule has 2 aromatic carbocycles. The van der Waals surface area contributed by atoms with E-state index in [9.17, 15) is 30.0 Å². The van der Waals surface area contributed by atoms with Crippen molar-refractivity contribution in [2.75, 3.05) is 46.6 Å². The maximum atomic E-state index is 16.5. The fraction of sp³-hybridized carbons (Fsp3) is 0.406. The highest BCUT2D eigenvalue weighted by molar-refractivity contribution is 7.93. The van der Waals surface area contributed by atoms with Gasteiger partial charge in [-0.1, -0.05) is 23.5 Å². The summed E-state index contributed by atoms with van der Waals surface area (Å²) in [4.78, 5) is 17.8. The Bertz CT molecular complexity index is 2210. The number of likely N-dealkylation sites (tertiary alicyclic amines) is 1. The van der Waals surface area contributed by atoms with Gasteiger partial charge in [0, 0.05) is 43.0 Å². The molecule has 1 aliphatic carbocycles. The van der Waals surface area contributed by atoms with Crippen LogP contribution < -0.4 is 19.7 Å². The number of likely N-dealkylation sites (N-methyl/N-ethyl adjacent to an activating group) is 1. The Morgan fingerprint density at radius 3 is 2.41 bits per heavy atom. The number of piperazine rings is 1. The molecule has 4 fully saturated rings. The van der Waals surface area contributed by atoms with Crippen LogP contribution in [0.3, 0.4) is 0 Å². The number of nitrogens with one attached hydrogen (secondary N) is 2. The summed E-state index contributed by atoms with van der Waals surface area (Å²) >= 11 is 1.31. The molecule has 0 spiro atoms. The zero-order valence-electron chi connectivity index (χ0n) is 26.8. The SMILES string of the molecule is CN1CC2CCC(C1)N2c1nc(-c2cccc(NS(=O)(=O)c3c(F)cccc3OC(F)F)c2F)c(-c2ccnc(NC3[C@H]4CS(=O)(=O)C[C@@H]34)n2)s1. The van der Waals surface area contributed by atoms with Crippen LogP contribution >= 0.6 is 11.3 Å². The van der Waals surface area contributed by atoms with Crippen LogP contribution in [0, 0.1) is 23.5 Å². The van der Waals surface area contributed by atoms with Crippen molar-refractivity contribution in [3.05, 3.63) is 60.3 Å². The molecule has 2 bridgehead atoms. The molecular formula is C32H31F4N7O5S3. The van der Waals surface area contributed by atoms with E-state index in [0.717, 1.165) is 50.2 Å². The van der Waals surface area contributed by atoms with Crippen molar-refractivity contribution >= 4 is 48.0 Å². The van der Waals surface area contributed by atoms with Crippen molar-refractivity contribution in [3.63, 3.8) is 0 Å². The quantitative estimate of drug-likeness (QED) is 0.217. The van der Waals surface area contributed by atoms with Gasteiger partial charge in [0.15, 0.2) is 25.7 Å². The monoisotopic (exact) mass is 765 g/mol. The van der Waals surface area contributed by atoms with Gasteiger partial charge in [0.05, 0.1) is 33.5 Å². The standard InChI is InChI=1S/C32H31F4N7O5S3/c1-42-12-16-8-9-17(13-42)43(16)32-40-27(28(49-32)23-10-11-37-31(38-23)39-26-19-14-50(44,45)15-20(19)26)18-4-2-6-22(25(18)34)41-51(46,47)29-21(33)5-3-7-24(29)48-30(35)36/h2-7,10-11,16-17,19-20,26,30,41H,8-9,12-15H2,1H3,(H,37,38,39)/t16?,17?,19-,20+,26?. The minimum Gasteiger partial charge on any atom is -0.433 e. The van der Waals surface area contributed by atoms with E-state index < -0.39 is 54.4 Å². The van der Waals surface area contributed by atoms with Crippen molar-refractivity contribution in [2.45, 2.75) is 42.5 Å². The predicted molar refractivity (Wildman–Crippen MR) is 182 cm³/mol. The van der Waals surface area contributed by atoms with Crippen LogP contribution in [0.25, 0.3) is 21.8 Å². The van der Waals surface area contributed by atoms with Crippen LogP contribution in [0.5, 0.6) is 5.75 Å². The summed E-state index contributed by atoms with van der Waals surface area (Å²) in [5.41, 5.74) is -0.0591. The van der Waals surface area contributed by atoms with Gasteiger partial charge in [0.2, 0.25) is 5.95 Å². The van der Waals surface area contributed by atoms with Crippen molar-refractivity contribution in [2.24, 2.45) is 11.8 Å². The van der Waals surface area contributed by atoms with Crippen molar-refractivity contribution in [1.82, 2.24) is 19.9 Å². The van der Waals surface area contributed by atoms with Gasteiger partial charge in [-0.15, -0.1) is 0 Å². The zero-order chi connectivity index (χ0) is 35.8. The summed E-state index contributed by atoms with van der Waals surface area (Å²) in [5, 5.41) is 3.89. The van der Waals surface area contributed by atoms with E-state index >= 15 is 4.39 Å². The van der Waals surface area contributed by atoms with Gasteiger partial charge < -0.3 is 19.9 Å². The Labute approximate surface area is 294 Å². The number of halogens is 4. The molecule has 4 aromatic rings. The fourth-order valence-electron chi connectivity index (χ4n) is 7.60. The number of hydrogen-bond acceptors (Lipinski definition) is 12. The Kier molecular flexibility index (Phi) is 8.38. The lowest BCUT2D eigenvalue weighted by atomic mass is 10.1. The number of sulfonamides is 1. The number of alkyl halides is 2. The number of fused-ring (bicyclic) bond motifs is 3. The second kappa shape index (κ2) is 12.6. The lowest BCUT2D eigenvalue weighted by Crippen LogP contribution is -2.52. The van der Waals surface area contributed by atoms with E-state index in [1.807, 2.05) is 4.72 Å². The van der Waals surface area contributed by atoms with Crippen LogP contribution in [-0.4, -0.2) is 93.1 Å². The highest BCUT2D eigenvalue weighted by Crippen LogP contribution is 2.49. The number of ether oxygens (including phenoxy) is 1. The predicted octanol–water partition coefficient (Wildman–Crippen LogP) is 4.69. The molecule has 0 radical (unpaired) electrons. The Morgan fingerprint density at radius 1 is 1.00 bits per heavy atom. The summed E-state index contributed by atoms with van der Waals surface area (Å²) in [5.74, 6) is -2.86. The van der Waals surface area contributed by atoms with Gasteiger partial charge in [-0.25, -0.2) is 40.6 Å². The van der Waals surface area contributed by atoms with Crippen LogP contribution in [-0.2, 0) is 19.9 Å². The van der Waals surface area contributed by atoms with E-state index in [4.69, 9.17) is 9.97 Å². The largest absolute Gasteiger partial charge is 0.433 e. The molecule has 19 heteroatoms. The summed E-state index contributed by atoms with van der Waals surface area (Å²) in [7, 11) is -5.96. The number of nitrogens with zero attached hydrogens (tertiary/aromatic N) is 5. The second-order valence-electron chi connectivity index (χ2n) is 13.2. The van der Waals surface area contributed by atoms with Gasteiger partial charge in [-0.3, -0.25) is 4.72 Å². The topological polar surface area (TPSA) is 147 Å². The van der Waals surface area contributed by atoms with Gasteiger partial charge in [-0.05, 0) is 62.1 Å². The van der Waals surface area contributed by atoms with Gasteiger partial charge in [0.1, 0.15) is 11.6 Å². The molecule has 12 nitrogen and oxygen atoms in total. The van der Waals surface area contributed by atoms with E-state index in [1.165, 1.54) is 29.7 Å². The zero-order valence-corrected chi connectivity index (χ0v) is 29.3. The molecule has 8 rings (SSSR count).